The van der Waals surface area contributed by atoms with E-state index in [1.807, 2.05) is 54.6 Å². The molecule has 0 radical (unpaired) electrons. The van der Waals surface area contributed by atoms with Gasteiger partial charge in [0.05, 0.1) is 6.04 Å². The Hall–Kier alpha value is -1.74. The average molecular weight is 533 g/mol. The van der Waals surface area contributed by atoms with Gasteiger partial charge in [-0.1, -0.05) is 72.8 Å². The van der Waals surface area contributed by atoms with E-state index < -0.39 is 20.7 Å². The van der Waals surface area contributed by atoms with Gasteiger partial charge in [-0.2, -0.15) is 0 Å². The maximum atomic E-state index is 12.7. The number of likely N-dealkylation sites (tertiary alicyclic amines) is 1. The quantitative estimate of drug-likeness (QED) is 0.483. The van der Waals surface area contributed by atoms with Crippen LogP contribution in [-0.4, -0.2) is 43.4 Å². The van der Waals surface area contributed by atoms with Crippen molar-refractivity contribution in [2.45, 2.75) is 16.9 Å². The van der Waals surface area contributed by atoms with Crippen molar-refractivity contribution in [1.29, 1.82) is 0 Å². The summed E-state index contributed by atoms with van der Waals surface area (Å²) in [4.78, 5) is 2.15. The molecule has 1 N–H and O–H groups in total. The Balaban J connectivity index is 1.67. The Morgan fingerprint density at radius 1 is 0.867 bits per heavy atom. The second-order valence-electron chi connectivity index (χ2n) is 8.00. The third kappa shape index (κ3) is 4.32. The Labute approximate surface area is 191 Å². The van der Waals surface area contributed by atoms with Crippen LogP contribution in [0.25, 0.3) is 0 Å². The number of hydrogen-bond donors (Lipinski definition) is 1. The van der Waals surface area contributed by atoms with Gasteiger partial charge in [-0.25, -0.2) is 8.42 Å². The minimum absolute atomic E-state index is 0.0382. The highest BCUT2D eigenvalue weighted by Gasteiger charge is 2.54. The van der Waals surface area contributed by atoms with Crippen molar-refractivity contribution in [3.8, 4) is 0 Å². The van der Waals surface area contributed by atoms with Gasteiger partial charge >= 0.3 is 0 Å². The molecule has 4 nitrogen and oxygen atoms in total. The summed E-state index contributed by atoms with van der Waals surface area (Å²) in [7, 11) is -3.51. The summed E-state index contributed by atoms with van der Waals surface area (Å²) >= 11 is 2.17. The van der Waals surface area contributed by atoms with Gasteiger partial charge in [0.15, 0.2) is 9.84 Å². The van der Waals surface area contributed by atoms with Gasteiger partial charge in [0.25, 0.3) is 0 Å². The lowest BCUT2D eigenvalue weighted by Crippen LogP contribution is -2.66. The lowest BCUT2D eigenvalue weighted by molar-refractivity contribution is -0.112. The highest BCUT2D eigenvalue weighted by Crippen LogP contribution is 2.44. The van der Waals surface area contributed by atoms with Crippen LogP contribution in [0.15, 0.2) is 84.9 Å². The second-order valence-corrected chi connectivity index (χ2v) is 11.4. The Morgan fingerprint density at radius 2 is 1.37 bits per heavy atom. The topological polar surface area (TPSA) is 57.6 Å². The largest absolute Gasteiger partial charge is 0.385 e. The molecule has 1 saturated heterocycles. The van der Waals surface area contributed by atoms with Crippen LogP contribution in [0, 0.1) is 3.57 Å². The van der Waals surface area contributed by atoms with Gasteiger partial charge in [-0.3, -0.25) is 4.90 Å². The van der Waals surface area contributed by atoms with Crippen molar-refractivity contribution in [3.63, 3.8) is 0 Å². The van der Waals surface area contributed by atoms with Crippen LogP contribution in [0.1, 0.15) is 28.0 Å². The molecule has 0 saturated carbocycles. The summed E-state index contributed by atoms with van der Waals surface area (Å²) in [6.45, 7) is 0.565. The van der Waals surface area contributed by atoms with Crippen LogP contribution in [0.2, 0.25) is 0 Å². The summed E-state index contributed by atoms with van der Waals surface area (Å²) in [5.74, 6) is 0. The fourth-order valence-corrected chi connectivity index (χ4v) is 6.67. The Kier molecular flexibility index (Phi) is 6.03. The minimum Gasteiger partial charge on any atom is -0.385 e. The molecule has 30 heavy (non-hydrogen) atoms. The van der Waals surface area contributed by atoms with Crippen LogP contribution in [0.3, 0.4) is 0 Å². The summed E-state index contributed by atoms with van der Waals surface area (Å²) in [6.07, 6.45) is 1.21. The molecule has 3 aromatic rings. The zero-order chi connectivity index (χ0) is 21.4. The first-order chi connectivity index (χ1) is 14.3. The maximum Gasteiger partial charge on any atom is 0.157 e. The van der Waals surface area contributed by atoms with Crippen LogP contribution in [0.4, 0.5) is 0 Å². The van der Waals surface area contributed by atoms with Crippen LogP contribution in [0.5, 0.6) is 0 Å². The van der Waals surface area contributed by atoms with E-state index in [1.165, 1.54) is 6.26 Å². The second kappa shape index (κ2) is 8.42. The first kappa shape index (κ1) is 21.5. The third-order valence-electron chi connectivity index (χ3n) is 5.62. The molecule has 0 bridgehead atoms. The molecule has 0 spiro atoms. The van der Waals surface area contributed by atoms with Crippen LogP contribution >= 0.6 is 22.6 Å². The number of hydrogen-bond acceptors (Lipinski definition) is 4. The van der Waals surface area contributed by atoms with E-state index in [0.29, 0.717) is 5.56 Å². The molecular formula is C24H24INO3S. The molecule has 156 valence electrons. The van der Waals surface area contributed by atoms with E-state index in [9.17, 15) is 13.5 Å². The van der Waals surface area contributed by atoms with Gasteiger partial charge < -0.3 is 5.11 Å². The van der Waals surface area contributed by atoms with E-state index in [4.69, 9.17) is 0 Å². The molecular weight excluding hydrogens is 509 g/mol. The van der Waals surface area contributed by atoms with Crippen molar-refractivity contribution < 1.29 is 13.5 Å². The predicted molar refractivity (Wildman–Crippen MR) is 128 cm³/mol. The number of β-amino-alcohol motifs (C(OH)–C–C–N with tert-alkyl or cyclic N) is 1. The molecule has 3 aromatic carbocycles. The first-order valence-corrected chi connectivity index (χ1v) is 12.8. The summed E-state index contributed by atoms with van der Waals surface area (Å²) in [5, 5.41) is 10.5. The number of halogens is 1. The molecule has 1 atom stereocenters. The predicted octanol–water partition coefficient (Wildman–Crippen LogP) is 4.21. The monoisotopic (exact) mass is 533 g/mol. The van der Waals surface area contributed by atoms with Crippen molar-refractivity contribution >= 4 is 32.4 Å². The van der Waals surface area contributed by atoms with Gasteiger partial charge in [0, 0.05) is 22.9 Å². The van der Waals surface area contributed by atoms with Crippen molar-refractivity contribution in [3.05, 3.63) is 105 Å². The number of aliphatic hydroxyl groups is 1. The molecule has 0 amide bonds. The molecule has 1 aliphatic rings. The number of nitrogens with zero attached hydrogens (tertiary/aromatic N) is 1. The van der Waals surface area contributed by atoms with Crippen molar-refractivity contribution in [2.75, 3.05) is 19.3 Å². The average Bonchev–Trinajstić information content (AvgIpc) is 2.68. The highest BCUT2D eigenvalue weighted by atomic mass is 127. The lowest BCUT2D eigenvalue weighted by Gasteiger charge is -2.53. The first-order valence-electron chi connectivity index (χ1n) is 9.79. The van der Waals surface area contributed by atoms with Crippen molar-refractivity contribution in [1.82, 2.24) is 4.90 Å². The van der Waals surface area contributed by atoms with Crippen LogP contribution in [-0.2, 0) is 9.84 Å². The van der Waals surface area contributed by atoms with Crippen LogP contribution < -0.4 is 0 Å². The molecule has 0 aromatic heterocycles. The van der Waals surface area contributed by atoms with E-state index in [2.05, 4.69) is 51.8 Å². The summed E-state index contributed by atoms with van der Waals surface area (Å²) in [6, 6.07) is 27.6. The van der Waals surface area contributed by atoms with Gasteiger partial charge in [-0.05, 0) is 51.4 Å². The molecule has 1 unspecified atom stereocenters. The lowest BCUT2D eigenvalue weighted by atomic mass is 9.83. The normalized spacial score (nSPS) is 17.5. The molecule has 0 aliphatic carbocycles. The van der Waals surface area contributed by atoms with E-state index >= 15 is 0 Å². The molecule has 4 rings (SSSR count). The zero-order valence-corrected chi connectivity index (χ0v) is 19.6. The van der Waals surface area contributed by atoms with Gasteiger partial charge in [0.2, 0.25) is 0 Å². The highest BCUT2D eigenvalue weighted by molar-refractivity contribution is 14.1. The van der Waals surface area contributed by atoms with Gasteiger partial charge in [-0.15, -0.1) is 0 Å². The smallest absolute Gasteiger partial charge is 0.157 e. The van der Waals surface area contributed by atoms with E-state index in [1.54, 1.807) is 6.07 Å². The molecule has 1 aliphatic heterocycles. The minimum atomic E-state index is -3.51. The molecule has 6 heteroatoms. The third-order valence-corrected chi connectivity index (χ3v) is 7.86. The Bertz CT molecular complexity index is 1070. The standard InChI is InChI=1S/C24H24INO3S/c1-30(28,29)23(20-13-8-14-21(25)15-20)24(27)16-26(17-24)22(18-9-4-2-5-10-18)19-11-6-3-7-12-19/h2-15,22-23,27H,16-17H2,1H3. The fraction of sp³-hybridized carbons (Fsp3) is 0.250. The molecule has 1 heterocycles. The van der Waals surface area contributed by atoms with Gasteiger partial charge in [0.1, 0.15) is 10.9 Å². The molecule has 1 fully saturated rings. The van der Waals surface area contributed by atoms with E-state index in [0.717, 1.165) is 14.7 Å². The van der Waals surface area contributed by atoms with E-state index in [-0.39, 0.29) is 19.1 Å². The van der Waals surface area contributed by atoms with Crippen molar-refractivity contribution in [2.24, 2.45) is 0 Å². The maximum absolute atomic E-state index is 12.7. The Morgan fingerprint density at radius 3 is 1.83 bits per heavy atom. The fourth-order valence-electron chi connectivity index (χ4n) is 4.52. The SMILES string of the molecule is CS(=O)(=O)C(c1cccc(I)c1)C1(O)CN(C(c2ccccc2)c2ccccc2)C1. The summed E-state index contributed by atoms with van der Waals surface area (Å²) < 4.78 is 26.4. The number of rotatable bonds is 6. The number of sulfone groups is 1. The zero-order valence-electron chi connectivity index (χ0n) is 16.6. The summed E-state index contributed by atoms with van der Waals surface area (Å²) in [5.41, 5.74) is 1.55. The number of benzene rings is 3.